The van der Waals surface area contributed by atoms with Crippen molar-refractivity contribution >= 4 is 39.4 Å². The fraction of sp³-hybridized carbons (Fsp3) is 0.133. The summed E-state index contributed by atoms with van der Waals surface area (Å²) in [6.07, 6.45) is 0.916. The third kappa shape index (κ3) is 5.81. The summed E-state index contributed by atoms with van der Waals surface area (Å²) >= 11 is 1.88. The van der Waals surface area contributed by atoms with Gasteiger partial charge in [-0.1, -0.05) is 60.7 Å². The summed E-state index contributed by atoms with van der Waals surface area (Å²) in [5.74, 6) is 1.85. The molecule has 0 aliphatic rings. The number of hydrogen-bond donors (Lipinski definition) is 1. The Morgan fingerprint density at radius 1 is 0.800 bits per heavy atom. The predicted octanol–water partition coefficient (Wildman–Crippen LogP) is 7.14. The summed E-state index contributed by atoms with van der Waals surface area (Å²) in [7, 11) is 0. The Morgan fingerprint density at radius 2 is 1.57 bits per heavy atom. The molecule has 0 aliphatic heterocycles. The lowest BCUT2D eigenvalue weighted by atomic mass is 10.1. The minimum Gasteiger partial charge on any atom is -0.487 e. The number of carboxylic acids is 1. The number of aromatic carboxylic acids is 1. The van der Waals surface area contributed by atoms with Gasteiger partial charge in [-0.2, -0.15) is 11.8 Å². The summed E-state index contributed by atoms with van der Waals surface area (Å²) in [5, 5.41) is 12.5. The molecule has 5 heteroatoms. The van der Waals surface area contributed by atoms with Gasteiger partial charge in [0.05, 0.1) is 16.8 Å². The van der Waals surface area contributed by atoms with Crippen molar-refractivity contribution in [3.8, 4) is 5.75 Å². The fourth-order valence-corrected chi connectivity index (χ4v) is 4.93. The highest BCUT2D eigenvalue weighted by atomic mass is 32.2. The number of aromatic nitrogens is 1. The number of para-hydroxylation sites is 1. The third-order valence-electron chi connectivity index (χ3n) is 5.92. The molecule has 0 spiro atoms. The molecular weight excluding hydrogens is 454 g/mol. The van der Waals surface area contributed by atoms with Crippen LogP contribution in [-0.4, -0.2) is 21.8 Å². The normalized spacial score (nSPS) is 11.1. The number of rotatable bonds is 9. The van der Waals surface area contributed by atoms with Gasteiger partial charge in [0.15, 0.2) is 0 Å². The zero-order chi connectivity index (χ0) is 24.0. The number of nitrogens with zero attached hydrogens (tertiary/aromatic N) is 1. The first kappa shape index (κ1) is 22.9. The average Bonchev–Trinajstić information content (AvgIpc) is 2.90. The first-order chi connectivity index (χ1) is 17.1. The Balaban J connectivity index is 1.17. The van der Waals surface area contributed by atoms with Crippen molar-refractivity contribution < 1.29 is 14.6 Å². The lowest BCUT2D eigenvalue weighted by Gasteiger charge is -2.09. The summed E-state index contributed by atoms with van der Waals surface area (Å²) in [5.41, 5.74) is 4.65. The van der Waals surface area contributed by atoms with Gasteiger partial charge in [0.2, 0.25) is 0 Å². The molecule has 0 saturated carbocycles. The Bertz CT molecular complexity index is 1480. The van der Waals surface area contributed by atoms with E-state index in [0.29, 0.717) is 12.2 Å². The SMILES string of the molecule is O=C(O)c1ccc(CCSCc2ccc3ccc(OCc4ccc5ccccc5n4)cc3c2)cc1. The molecule has 0 fully saturated rings. The molecule has 1 heterocycles. The summed E-state index contributed by atoms with van der Waals surface area (Å²) in [6, 6.07) is 32.1. The number of hydrogen-bond acceptors (Lipinski definition) is 4. The number of thioether (sulfide) groups is 1. The second-order valence-electron chi connectivity index (χ2n) is 8.43. The topological polar surface area (TPSA) is 59.4 Å². The lowest BCUT2D eigenvalue weighted by Crippen LogP contribution is -1.98. The van der Waals surface area contributed by atoms with Crippen LogP contribution in [0.1, 0.15) is 27.2 Å². The first-order valence-corrected chi connectivity index (χ1v) is 12.7. The first-order valence-electron chi connectivity index (χ1n) is 11.5. The minimum atomic E-state index is -0.888. The van der Waals surface area contributed by atoms with Crippen LogP contribution in [0.2, 0.25) is 0 Å². The van der Waals surface area contributed by atoms with Gasteiger partial charge < -0.3 is 9.84 Å². The maximum Gasteiger partial charge on any atom is 0.335 e. The van der Waals surface area contributed by atoms with Crippen LogP contribution < -0.4 is 4.74 Å². The van der Waals surface area contributed by atoms with Crippen LogP contribution >= 0.6 is 11.8 Å². The third-order valence-corrected chi connectivity index (χ3v) is 6.95. The largest absolute Gasteiger partial charge is 0.487 e. The van der Waals surface area contributed by atoms with Gasteiger partial charge >= 0.3 is 5.97 Å². The number of benzene rings is 4. The predicted molar refractivity (Wildman–Crippen MR) is 143 cm³/mol. The Labute approximate surface area is 208 Å². The summed E-state index contributed by atoms with van der Waals surface area (Å²) in [4.78, 5) is 15.7. The molecule has 5 rings (SSSR count). The summed E-state index contributed by atoms with van der Waals surface area (Å²) < 4.78 is 6.06. The maximum absolute atomic E-state index is 11.0. The molecule has 4 aromatic carbocycles. The van der Waals surface area contributed by atoms with Crippen LogP contribution in [0.25, 0.3) is 21.7 Å². The van der Waals surface area contributed by atoms with Crippen molar-refractivity contribution in [1.82, 2.24) is 4.98 Å². The monoisotopic (exact) mass is 479 g/mol. The number of aryl methyl sites for hydroxylation is 1. The maximum atomic E-state index is 11.0. The number of fused-ring (bicyclic) bond motifs is 2. The van der Waals surface area contributed by atoms with Crippen molar-refractivity contribution in [1.29, 1.82) is 0 Å². The van der Waals surface area contributed by atoms with Crippen LogP contribution in [0.5, 0.6) is 5.75 Å². The van der Waals surface area contributed by atoms with Gasteiger partial charge in [-0.3, -0.25) is 0 Å². The number of carbonyl (C=O) groups is 1. The van der Waals surface area contributed by atoms with Gasteiger partial charge in [0.1, 0.15) is 12.4 Å². The van der Waals surface area contributed by atoms with Gasteiger partial charge in [-0.25, -0.2) is 9.78 Å². The Kier molecular flexibility index (Phi) is 6.96. The van der Waals surface area contributed by atoms with Crippen molar-refractivity contribution in [3.05, 3.63) is 119 Å². The Hall–Kier alpha value is -3.83. The van der Waals surface area contributed by atoms with E-state index < -0.39 is 5.97 Å². The van der Waals surface area contributed by atoms with Crippen molar-refractivity contribution in [2.75, 3.05) is 5.75 Å². The molecule has 0 amide bonds. The van der Waals surface area contributed by atoms with Crippen molar-refractivity contribution in [2.24, 2.45) is 0 Å². The second kappa shape index (κ2) is 10.6. The van der Waals surface area contributed by atoms with Crippen LogP contribution in [0.4, 0.5) is 0 Å². The molecule has 1 N–H and O–H groups in total. The van der Waals surface area contributed by atoms with E-state index in [1.165, 1.54) is 10.9 Å². The second-order valence-corrected chi connectivity index (χ2v) is 9.54. The molecule has 0 aliphatic carbocycles. The Morgan fingerprint density at radius 3 is 2.43 bits per heavy atom. The molecule has 0 unspecified atom stereocenters. The van der Waals surface area contributed by atoms with Crippen LogP contribution in [0.3, 0.4) is 0 Å². The van der Waals surface area contributed by atoms with E-state index in [9.17, 15) is 4.79 Å². The van der Waals surface area contributed by atoms with Crippen molar-refractivity contribution in [2.45, 2.75) is 18.8 Å². The molecule has 4 nitrogen and oxygen atoms in total. The molecule has 0 saturated heterocycles. The van der Waals surface area contributed by atoms with Gasteiger partial charge in [-0.05, 0) is 70.5 Å². The smallest absolute Gasteiger partial charge is 0.335 e. The molecular formula is C30H25NO3S. The van der Waals surface area contributed by atoms with E-state index in [1.807, 2.05) is 54.2 Å². The van der Waals surface area contributed by atoms with E-state index in [-0.39, 0.29) is 0 Å². The molecule has 35 heavy (non-hydrogen) atoms. The number of pyridine rings is 1. The average molecular weight is 480 g/mol. The van der Waals surface area contributed by atoms with Gasteiger partial charge in [0.25, 0.3) is 0 Å². The molecule has 174 valence electrons. The lowest BCUT2D eigenvalue weighted by molar-refractivity contribution is 0.0697. The quantitative estimate of drug-likeness (QED) is 0.228. The van der Waals surface area contributed by atoms with E-state index in [0.717, 1.165) is 51.2 Å². The fourth-order valence-electron chi connectivity index (χ4n) is 3.99. The standard InChI is InChI=1S/C30H25NO3S/c32-30(33)25-9-5-21(6-10-25)15-16-35-20-22-7-8-23-12-14-28(18-26(23)17-22)34-19-27-13-11-24-3-1-2-4-29(24)31-27/h1-14,17-18H,15-16,19-20H2,(H,32,33). The highest BCUT2D eigenvalue weighted by Gasteiger charge is 2.04. The van der Waals surface area contributed by atoms with Crippen LogP contribution in [0.15, 0.2) is 97.1 Å². The van der Waals surface area contributed by atoms with E-state index in [1.54, 1.807) is 12.1 Å². The van der Waals surface area contributed by atoms with Gasteiger partial charge in [-0.15, -0.1) is 0 Å². The highest BCUT2D eigenvalue weighted by Crippen LogP contribution is 2.25. The molecule has 0 bridgehead atoms. The van der Waals surface area contributed by atoms with Crippen LogP contribution in [-0.2, 0) is 18.8 Å². The minimum absolute atomic E-state index is 0.328. The van der Waals surface area contributed by atoms with Crippen molar-refractivity contribution in [3.63, 3.8) is 0 Å². The van der Waals surface area contributed by atoms with Gasteiger partial charge in [0, 0.05) is 11.1 Å². The molecule has 0 radical (unpaired) electrons. The van der Waals surface area contributed by atoms with E-state index >= 15 is 0 Å². The highest BCUT2D eigenvalue weighted by molar-refractivity contribution is 7.98. The molecule has 5 aromatic rings. The molecule has 0 atom stereocenters. The molecule has 1 aromatic heterocycles. The van der Waals surface area contributed by atoms with E-state index in [2.05, 4.69) is 47.4 Å². The van der Waals surface area contributed by atoms with Crippen LogP contribution in [0, 0.1) is 0 Å². The summed E-state index contributed by atoms with van der Waals surface area (Å²) in [6.45, 7) is 0.430. The van der Waals surface area contributed by atoms with E-state index in [4.69, 9.17) is 9.84 Å². The number of carboxylic acid groups (broad SMARTS) is 1. The zero-order valence-electron chi connectivity index (χ0n) is 19.2. The number of ether oxygens (including phenoxy) is 1. The zero-order valence-corrected chi connectivity index (χ0v) is 20.0.